The summed E-state index contributed by atoms with van der Waals surface area (Å²) in [6.07, 6.45) is 1.84. The van der Waals surface area contributed by atoms with E-state index in [1.54, 1.807) is 0 Å². The molecule has 1 N–H and O–H groups in total. The number of carbonyl (C=O) groups excluding carboxylic acids is 1. The van der Waals surface area contributed by atoms with Crippen molar-refractivity contribution >= 4 is 46.2 Å². The number of ether oxygens (including phenoxy) is 2. The van der Waals surface area contributed by atoms with Crippen LogP contribution in [0.25, 0.3) is 6.08 Å². The lowest BCUT2D eigenvalue weighted by atomic mass is 10.2. The minimum Gasteiger partial charge on any atom is -0.494 e. The highest BCUT2D eigenvalue weighted by molar-refractivity contribution is 8.18. The molecule has 0 radical (unpaired) electrons. The molecule has 1 fully saturated rings. The van der Waals surface area contributed by atoms with Crippen LogP contribution in [0.15, 0.2) is 82.7 Å². The molecule has 4 rings (SSSR count). The molecule has 0 atom stereocenters. The fourth-order valence-electron chi connectivity index (χ4n) is 2.94. The summed E-state index contributed by atoms with van der Waals surface area (Å²) in [5, 5.41) is 4.06. The van der Waals surface area contributed by atoms with E-state index in [0.29, 0.717) is 28.3 Å². The number of nitrogens with zero attached hydrogens (tertiary/aromatic N) is 1. The Morgan fingerprint density at radius 1 is 0.938 bits per heavy atom. The first kappa shape index (κ1) is 22.0. The number of hydrogen-bond donors (Lipinski definition) is 1. The molecule has 1 aliphatic rings. The number of rotatable bonds is 7. The van der Waals surface area contributed by atoms with Gasteiger partial charge in [0, 0.05) is 5.02 Å². The third kappa shape index (κ3) is 5.93. The normalized spacial score (nSPS) is 15.8. The van der Waals surface area contributed by atoms with Gasteiger partial charge in [0.25, 0.3) is 5.91 Å². The van der Waals surface area contributed by atoms with Crippen LogP contribution in [0.2, 0.25) is 5.02 Å². The molecule has 3 aromatic rings. The van der Waals surface area contributed by atoms with E-state index in [1.807, 2.05) is 85.8 Å². The Kier molecular flexibility index (Phi) is 7.14. The van der Waals surface area contributed by atoms with Crippen LogP contribution in [0.1, 0.15) is 18.1 Å². The summed E-state index contributed by atoms with van der Waals surface area (Å²) in [5.74, 6) is 1.38. The summed E-state index contributed by atoms with van der Waals surface area (Å²) in [4.78, 5) is 17.4. The summed E-state index contributed by atoms with van der Waals surface area (Å²) >= 11 is 7.22. The van der Waals surface area contributed by atoms with Gasteiger partial charge in [-0.25, -0.2) is 4.99 Å². The molecular formula is C25H21ClN2O3S. The molecule has 0 bridgehead atoms. The predicted molar refractivity (Wildman–Crippen MR) is 131 cm³/mol. The molecule has 162 valence electrons. The fraction of sp³-hybridized carbons (Fsp3) is 0.120. The number of carbonyl (C=O) groups is 1. The van der Waals surface area contributed by atoms with E-state index in [9.17, 15) is 4.79 Å². The molecule has 1 amide bonds. The largest absolute Gasteiger partial charge is 0.494 e. The van der Waals surface area contributed by atoms with Gasteiger partial charge in [-0.05, 0) is 84.4 Å². The van der Waals surface area contributed by atoms with Gasteiger partial charge in [0.05, 0.1) is 17.2 Å². The summed E-state index contributed by atoms with van der Waals surface area (Å²) in [6, 6.07) is 22.6. The molecule has 3 aromatic carbocycles. The quantitative estimate of drug-likeness (QED) is 0.422. The van der Waals surface area contributed by atoms with Crippen LogP contribution < -0.4 is 14.8 Å². The Bertz CT molecular complexity index is 1140. The van der Waals surface area contributed by atoms with Crippen molar-refractivity contribution in [2.24, 2.45) is 4.99 Å². The van der Waals surface area contributed by atoms with Crippen molar-refractivity contribution in [3.63, 3.8) is 0 Å². The van der Waals surface area contributed by atoms with Gasteiger partial charge in [0.15, 0.2) is 5.17 Å². The Hall–Kier alpha value is -3.22. The molecule has 0 spiro atoms. The highest BCUT2D eigenvalue weighted by Gasteiger charge is 2.23. The Morgan fingerprint density at radius 2 is 1.59 bits per heavy atom. The molecule has 7 heteroatoms. The van der Waals surface area contributed by atoms with Gasteiger partial charge in [-0.15, -0.1) is 0 Å². The third-order valence-electron chi connectivity index (χ3n) is 4.53. The highest BCUT2D eigenvalue weighted by Crippen LogP contribution is 2.29. The second-order valence-corrected chi connectivity index (χ2v) is 8.36. The first-order chi connectivity index (χ1) is 15.6. The van der Waals surface area contributed by atoms with E-state index < -0.39 is 0 Å². The SMILES string of the molecule is CCOc1ccc(N=C2NC(=O)/C(=C/c3ccc(OCc4ccc(Cl)cc4)cc3)S2)cc1. The molecule has 0 unspecified atom stereocenters. The van der Waals surface area contributed by atoms with E-state index in [2.05, 4.69) is 10.3 Å². The van der Waals surface area contributed by atoms with Crippen LogP contribution in [0.5, 0.6) is 11.5 Å². The van der Waals surface area contributed by atoms with Crippen molar-refractivity contribution in [3.8, 4) is 11.5 Å². The summed E-state index contributed by atoms with van der Waals surface area (Å²) in [7, 11) is 0. The lowest BCUT2D eigenvalue weighted by Crippen LogP contribution is -2.19. The molecular weight excluding hydrogens is 444 g/mol. The van der Waals surface area contributed by atoms with Crippen molar-refractivity contribution in [3.05, 3.63) is 93.9 Å². The van der Waals surface area contributed by atoms with Gasteiger partial charge in [-0.3, -0.25) is 4.79 Å². The fourth-order valence-corrected chi connectivity index (χ4v) is 3.91. The van der Waals surface area contributed by atoms with Gasteiger partial charge in [0.2, 0.25) is 0 Å². The molecule has 1 heterocycles. The first-order valence-corrected chi connectivity index (χ1v) is 11.3. The maximum absolute atomic E-state index is 12.3. The molecule has 0 aromatic heterocycles. The lowest BCUT2D eigenvalue weighted by molar-refractivity contribution is -0.115. The average molecular weight is 465 g/mol. The number of thioether (sulfide) groups is 1. The summed E-state index contributed by atoms with van der Waals surface area (Å²) in [6.45, 7) is 3.01. The molecule has 0 aliphatic carbocycles. The molecule has 1 saturated heterocycles. The van der Waals surface area contributed by atoms with E-state index >= 15 is 0 Å². The average Bonchev–Trinajstić information content (AvgIpc) is 3.14. The van der Waals surface area contributed by atoms with Crippen LogP contribution in [0.4, 0.5) is 5.69 Å². The third-order valence-corrected chi connectivity index (χ3v) is 5.69. The zero-order chi connectivity index (χ0) is 22.3. The second-order valence-electron chi connectivity index (χ2n) is 6.89. The smallest absolute Gasteiger partial charge is 0.264 e. The van der Waals surface area contributed by atoms with E-state index in [0.717, 1.165) is 28.3 Å². The number of amidine groups is 1. The van der Waals surface area contributed by atoms with Crippen LogP contribution in [-0.2, 0) is 11.4 Å². The van der Waals surface area contributed by atoms with E-state index in [1.165, 1.54) is 11.8 Å². The zero-order valence-corrected chi connectivity index (χ0v) is 19.0. The number of hydrogen-bond acceptors (Lipinski definition) is 5. The number of amides is 1. The highest BCUT2D eigenvalue weighted by atomic mass is 35.5. The lowest BCUT2D eigenvalue weighted by Gasteiger charge is -2.06. The van der Waals surface area contributed by atoms with E-state index in [-0.39, 0.29) is 5.91 Å². The Morgan fingerprint density at radius 3 is 2.28 bits per heavy atom. The van der Waals surface area contributed by atoms with Gasteiger partial charge in [-0.2, -0.15) is 0 Å². The number of halogens is 1. The van der Waals surface area contributed by atoms with Crippen LogP contribution in [0.3, 0.4) is 0 Å². The second kappa shape index (κ2) is 10.4. The van der Waals surface area contributed by atoms with Crippen LogP contribution in [-0.4, -0.2) is 17.7 Å². The van der Waals surface area contributed by atoms with Crippen molar-refractivity contribution in [2.75, 3.05) is 6.61 Å². The minimum atomic E-state index is -0.164. The van der Waals surface area contributed by atoms with Crippen molar-refractivity contribution in [1.82, 2.24) is 5.32 Å². The topological polar surface area (TPSA) is 59.9 Å². The van der Waals surface area contributed by atoms with Crippen LogP contribution >= 0.6 is 23.4 Å². The maximum atomic E-state index is 12.3. The number of nitrogens with one attached hydrogen (secondary N) is 1. The molecule has 5 nitrogen and oxygen atoms in total. The van der Waals surface area contributed by atoms with Crippen molar-refractivity contribution in [2.45, 2.75) is 13.5 Å². The predicted octanol–water partition coefficient (Wildman–Crippen LogP) is 6.21. The Balaban J connectivity index is 1.37. The van der Waals surface area contributed by atoms with Crippen molar-refractivity contribution in [1.29, 1.82) is 0 Å². The molecule has 1 aliphatic heterocycles. The zero-order valence-electron chi connectivity index (χ0n) is 17.4. The minimum absolute atomic E-state index is 0.164. The standard InChI is InChI=1S/C25H21ClN2O3S/c1-2-30-21-13-9-20(10-14-21)27-25-28-24(29)23(32-25)15-17-5-11-22(12-6-17)31-16-18-3-7-19(26)8-4-18/h3-15H,2,16H2,1H3,(H,27,28,29)/b23-15-. The number of benzene rings is 3. The Labute approximate surface area is 196 Å². The van der Waals surface area contributed by atoms with Crippen molar-refractivity contribution < 1.29 is 14.3 Å². The van der Waals surface area contributed by atoms with Gasteiger partial charge in [0.1, 0.15) is 18.1 Å². The monoisotopic (exact) mass is 464 g/mol. The van der Waals surface area contributed by atoms with E-state index in [4.69, 9.17) is 21.1 Å². The first-order valence-electron chi connectivity index (χ1n) is 10.1. The van der Waals surface area contributed by atoms with Crippen LogP contribution in [0, 0.1) is 0 Å². The summed E-state index contributed by atoms with van der Waals surface area (Å²) in [5.41, 5.74) is 2.70. The summed E-state index contributed by atoms with van der Waals surface area (Å²) < 4.78 is 11.2. The van der Waals surface area contributed by atoms with Gasteiger partial charge < -0.3 is 14.8 Å². The molecule has 0 saturated carbocycles. The van der Waals surface area contributed by atoms with Gasteiger partial charge in [-0.1, -0.05) is 35.9 Å². The maximum Gasteiger partial charge on any atom is 0.264 e. The van der Waals surface area contributed by atoms with Gasteiger partial charge >= 0.3 is 0 Å². The molecule has 32 heavy (non-hydrogen) atoms. The number of aliphatic imine (C=N–C) groups is 1.